The van der Waals surface area contributed by atoms with E-state index in [1.807, 2.05) is 6.92 Å². The Kier molecular flexibility index (Phi) is 4.82. The van der Waals surface area contributed by atoms with Crippen molar-refractivity contribution in [3.8, 4) is 0 Å². The first-order valence-corrected chi connectivity index (χ1v) is 5.83. The molecule has 0 aromatic carbocycles. The summed E-state index contributed by atoms with van der Waals surface area (Å²) in [6.07, 6.45) is -0.145. The lowest BCUT2D eigenvalue weighted by Gasteiger charge is -2.38. The van der Waals surface area contributed by atoms with Gasteiger partial charge in [0.15, 0.2) is 0 Å². The van der Waals surface area contributed by atoms with Gasteiger partial charge in [0.25, 0.3) is 5.92 Å². The van der Waals surface area contributed by atoms with Crippen LogP contribution in [0.4, 0.5) is 8.78 Å². The summed E-state index contributed by atoms with van der Waals surface area (Å²) < 4.78 is 26.9. The predicted octanol–water partition coefficient (Wildman–Crippen LogP) is 0.980. The quantitative estimate of drug-likeness (QED) is 0.790. The lowest BCUT2D eigenvalue weighted by atomic mass is 9.94. The summed E-state index contributed by atoms with van der Waals surface area (Å²) in [5.74, 6) is -3.74. The number of hydrogen-bond acceptors (Lipinski definition) is 3. The van der Waals surface area contributed by atoms with Crippen LogP contribution < -0.4 is 0 Å². The number of carbonyl (C=O) groups is 1. The van der Waals surface area contributed by atoms with Crippen LogP contribution in [-0.4, -0.2) is 66.6 Å². The van der Waals surface area contributed by atoms with Gasteiger partial charge in [-0.05, 0) is 19.5 Å². The molecule has 0 amide bonds. The highest BCUT2D eigenvalue weighted by Crippen LogP contribution is 2.30. The number of likely N-dealkylation sites (tertiary alicyclic amines) is 1. The van der Waals surface area contributed by atoms with Crippen LogP contribution in [-0.2, 0) is 4.79 Å². The molecule has 0 radical (unpaired) electrons. The Morgan fingerprint density at radius 1 is 1.59 bits per heavy atom. The number of alkyl halides is 2. The third-order valence-corrected chi connectivity index (χ3v) is 2.98. The normalized spacial score (nSPS) is 25.1. The number of likely N-dealkylation sites (N-methyl/N-ethyl adjacent to an activating group) is 1. The van der Waals surface area contributed by atoms with Gasteiger partial charge in [0.1, 0.15) is 0 Å². The smallest absolute Gasteiger partial charge is 0.317 e. The fourth-order valence-electron chi connectivity index (χ4n) is 2.41. The van der Waals surface area contributed by atoms with E-state index in [4.69, 9.17) is 5.11 Å². The fourth-order valence-corrected chi connectivity index (χ4v) is 2.41. The molecule has 100 valence electrons. The Bertz CT molecular complexity index is 274. The van der Waals surface area contributed by atoms with Crippen molar-refractivity contribution < 1.29 is 18.7 Å². The van der Waals surface area contributed by atoms with Gasteiger partial charge in [0.05, 0.1) is 13.1 Å². The highest BCUT2D eigenvalue weighted by molar-refractivity contribution is 5.68. The average molecular weight is 250 g/mol. The number of hydrogen-bond donors (Lipinski definition) is 1. The van der Waals surface area contributed by atoms with Crippen LogP contribution in [0.5, 0.6) is 0 Å². The van der Waals surface area contributed by atoms with E-state index in [9.17, 15) is 13.6 Å². The maximum absolute atomic E-state index is 13.4. The molecule has 1 atom stereocenters. The predicted molar refractivity (Wildman–Crippen MR) is 60.3 cm³/mol. The molecule has 17 heavy (non-hydrogen) atoms. The van der Waals surface area contributed by atoms with Crippen LogP contribution in [0.2, 0.25) is 0 Å². The minimum absolute atomic E-state index is 0.103. The molecule has 1 heterocycles. The van der Waals surface area contributed by atoms with Crippen molar-refractivity contribution in [3.63, 3.8) is 0 Å². The van der Waals surface area contributed by atoms with Crippen LogP contribution in [0.1, 0.15) is 13.3 Å². The Hall–Kier alpha value is -0.750. The maximum atomic E-state index is 13.4. The second kappa shape index (κ2) is 5.73. The van der Waals surface area contributed by atoms with Gasteiger partial charge in [0.2, 0.25) is 0 Å². The van der Waals surface area contributed by atoms with Crippen molar-refractivity contribution in [1.29, 1.82) is 0 Å². The summed E-state index contributed by atoms with van der Waals surface area (Å²) in [4.78, 5) is 13.8. The molecule has 0 bridgehead atoms. The molecule has 1 aliphatic heterocycles. The van der Waals surface area contributed by atoms with E-state index >= 15 is 0 Å². The number of carboxylic acid groups (broad SMARTS) is 1. The highest BCUT2D eigenvalue weighted by atomic mass is 19.3. The van der Waals surface area contributed by atoms with Crippen molar-refractivity contribution >= 4 is 5.97 Å². The molecule has 4 nitrogen and oxygen atoms in total. The fraction of sp³-hybridized carbons (Fsp3) is 0.909. The SMILES string of the molecule is CCN1CC(CN(C)CC(=O)O)CC(F)(F)C1. The van der Waals surface area contributed by atoms with E-state index in [0.29, 0.717) is 19.6 Å². The van der Waals surface area contributed by atoms with Gasteiger partial charge in [-0.1, -0.05) is 6.92 Å². The lowest BCUT2D eigenvalue weighted by molar-refractivity contribution is -0.138. The zero-order valence-electron chi connectivity index (χ0n) is 10.3. The molecule has 1 aliphatic rings. The number of carboxylic acids is 1. The summed E-state index contributed by atoms with van der Waals surface area (Å²) in [5, 5.41) is 8.61. The van der Waals surface area contributed by atoms with E-state index in [2.05, 4.69) is 0 Å². The first-order chi connectivity index (χ1) is 7.82. The van der Waals surface area contributed by atoms with Gasteiger partial charge in [-0.2, -0.15) is 0 Å². The number of halogens is 2. The standard InChI is InChI=1S/C11H20F2N2O2/c1-3-15-6-9(4-11(12,13)8-15)5-14(2)7-10(16)17/h9H,3-8H2,1-2H3,(H,16,17). The molecule has 1 unspecified atom stereocenters. The van der Waals surface area contributed by atoms with Crippen LogP contribution in [0.25, 0.3) is 0 Å². The molecule has 0 saturated carbocycles. The van der Waals surface area contributed by atoms with Gasteiger partial charge < -0.3 is 5.11 Å². The van der Waals surface area contributed by atoms with Crippen molar-refractivity contribution in [3.05, 3.63) is 0 Å². The van der Waals surface area contributed by atoms with Crippen LogP contribution in [0, 0.1) is 5.92 Å². The summed E-state index contributed by atoms with van der Waals surface area (Å²) in [7, 11) is 1.65. The molecule has 1 N–H and O–H groups in total. The second-order valence-corrected chi connectivity index (χ2v) is 4.84. The molecule has 1 saturated heterocycles. The molecule has 6 heteroatoms. The third-order valence-electron chi connectivity index (χ3n) is 2.98. The first kappa shape index (κ1) is 14.3. The Morgan fingerprint density at radius 3 is 2.76 bits per heavy atom. The topological polar surface area (TPSA) is 43.8 Å². The highest BCUT2D eigenvalue weighted by Gasteiger charge is 2.39. The largest absolute Gasteiger partial charge is 0.480 e. The summed E-state index contributed by atoms with van der Waals surface area (Å²) >= 11 is 0. The number of nitrogens with zero attached hydrogens (tertiary/aromatic N) is 2. The van der Waals surface area contributed by atoms with Gasteiger partial charge in [-0.15, -0.1) is 0 Å². The van der Waals surface area contributed by atoms with Crippen LogP contribution in [0.15, 0.2) is 0 Å². The number of aliphatic carboxylic acids is 1. The minimum atomic E-state index is -2.65. The molecule has 0 spiro atoms. The Balaban J connectivity index is 2.49. The van der Waals surface area contributed by atoms with Gasteiger partial charge in [0, 0.05) is 19.5 Å². The molecular formula is C11H20F2N2O2. The van der Waals surface area contributed by atoms with Crippen molar-refractivity contribution in [2.75, 3.05) is 39.8 Å². The Labute approximate surface area is 100 Å². The van der Waals surface area contributed by atoms with E-state index in [0.717, 1.165) is 0 Å². The number of piperidine rings is 1. The van der Waals surface area contributed by atoms with Crippen LogP contribution >= 0.6 is 0 Å². The summed E-state index contributed by atoms with van der Waals surface area (Å²) in [6, 6.07) is 0. The lowest BCUT2D eigenvalue weighted by Crippen LogP contribution is -2.49. The van der Waals surface area contributed by atoms with Gasteiger partial charge >= 0.3 is 5.97 Å². The minimum Gasteiger partial charge on any atom is -0.480 e. The maximum Gasteiger partial charge on any atom is 0.317 e. The molecule has 1 fully saturated rings. The molecule has 0 aromatic rings. The van der Waals surface area contributed by atoms with Gasteiger partial charge in [-0.3, -0.25) is 14.6 Å². The summed E-state index contributed by atoms with van der Waals surface area (Å²) in [6.45, 7) is 3.21. The first-order valence-electron chi connectivity index (χ1n) is 5.83. The summed E-state index contributed by atoms with van der Waals surface area (Å²) in [5.41, 5.74) is 0. The number of rotatable bonds is 5. The zero-order valence-corrected chi connectivity index (χ0v) is 10.3. The molecule has 0 aliphatic carbocycles. The third kappa shape index (κ3) is 4.95. The van der Waals surface area contributed by atoms with Crippen molar-refractivity contribution in [1.82, 2.24) is 9.80 Å². The average Bonchev–Trinajstić information content (AvgIpc) is 2.13. The molecule has 0 aromatic heterocycles. The zero-order chi connectivity index (χ0) is 13.1. The van der Waals surface area contributed by atoms with E-state index in [-0.39, 0.29) is 25.4 Å². The van der Waals surface area contributed by atoms with Crippen molar-refractivity contribution in [2.24, 2.45) is 5.92 Å². The molecular weight excluding hydrogens is 230 g/mol. The molecule has 1 rings (SSSR count). The van der Waals surface area contributed by atoms with E-state index < -0.39 is 11.9 Å². The Morgan fingerprint density at radius 2 is 2.24 bits per heavy atom. The van der Waals surface area contributed by atoms with E-state index in [1.165, 1.54) is 0 Å². The van der Waals surface area contributed by atoms with Crippen molar-refractivity contribution in [2.45, 2.75) is 19.3 Å². The van der Waals surface area contributed by atoms with Gasteiger partial charge in [-0.25, -0.2) is 8.78 Å². The monoisotopic (exact) mass is 250 g/mol. The second-order valence-electron chi connectivity index (χ2n) is 4.84. The van der Waals surface area contributed by atoms with Crippen LogP contribution in [0.3, 0.4) is 0 Å². The van der Waals surface area contributed by atoms with E-state index in [1.54, 1.807) is 16.8 Å².